The SMILES string of the molecule is CCC1OCCC1C(=O)N(C)CCCBr. The predicted molar refractivity (Wildman–Crippen MR) is 64.2 cm³/mol. The molecule has 0 aliphatic carbocycles. The van der Waals surface area contributed by atoms with Crippen LogP contribution in [-0.4, -0.2) is 42.4 Å². The molecule has 88 valence electrons. The van der Waals surface area contributed by atoms with E-state index >= 15 is 0 Å². The zero-order valence-corrected chi connectivity index (χ0v) is 11.1. The maximum absolute atomic E-state index is 12.1. The number of hydrogen-bond acceptors (Lipinski definition) is 2. The van der Waals surface area contributed by atoms with Gasteiger partial charge in [0.05, 0.1) is 12.0 Å². The quantitative estimate of drug-likeness (QED) is 0.720. The number of rotatable bonds is 5. The minimum atomic E-state index is 0.0929. The molecule has 15 heavy (non-hydrogen) atoms. The highest BCUT2D eigenvalue weighted by atomic mass is 79.9. The van der Waals surface area contributed by atoms with Crippen LogP contribution in [0.5, 0.6) is 0 Å². The van der Waals surface area contributed by atoms with Gasteiger partial charge in [0.15, 0.2) is 0 Å². The third kappa shape index (κ3) is 3.45. The molecular weight excluding hydrogens is 258 g/mol. The van der Waals surface area contributed by atoms with Gasteiger partial charge in [0.1, 0.15) is 0 Å². The van der Waals surface area contributed by atoms with E-state index in [9.17, 15) is 4.79 Å². The Labute approximate surface area is 100 Å². The molecule has 1 fully saturated rings. The molecule has 0 saturated carbocycles. The van der Waals surface area contributed by atoms with Crippen molar-refractivity contribution in [1.29, 1.82) is 0 Å². The van der Waals surface area contributed by atoms with Crippen molar-refractivity contribution in [3.05, 3.63) is 0 Å². The number of ether oxygens (including phenoxy) is 1. The van der Waals surface area contributed by atoms with E-state index in [0.29, 0.717) is 0 Å². The molecule has 0 aromatic rings. The highest BCUT2D eigenvalue weighted by Gasteiger charge is 2.34. The average molecular weight is 278 g/mol. The van der Waals surface area contributed by atoms with E-state index in [1.54, 1.807) is 0 Å². The zero-order chi connectivity index (χ0) is 11.3. The Kier molecular flexibility index (Phi) is 5.61. The summed E-state index contributed by atoms with van der Waals surface area (Å²) >= 11 is 3.37. The van der Waals surface area contributed by atoms with Gasteiger partial charge in [-0.25, -0.2) is 0 Å². The molecule has 0 radical (unpaired) electrons. The first-order chi connectivity index (χ1) is 7.20. The lowest BCUT2D eigenvalue weighted by Gasteiger charge is -2.23. The van der Waals surface area contributed by atoms with Crippen LogP contribution in [-0.2, 0) is 9.53 Å². The van der Waals surface area contributed by atoms with Crippen molar-refractivity contribution < 1.29 is 9.53 Å². The van der Waals surface area contributed by atoms with Gasteiger partial charge in [-0.05, 0) is 19.3 Å². The van der Waals surface area contributed by atoms with E-state index < -0.39 is 0 Å². The summed E-state index contributed by atoms with van der Waals surface area (Å²) in [4.78, 5) is 13.9. The van der Waals surface area contributed by atoms with E-state index in [2.05, 4.69) is 22.9 Å². The largest absolute Gasteiger partial charge is 0.377 e. The first kappa shape index (κ1) is 13.0. The van der Waals surface area contributed by atoms with Gasteiger partial charge in [-0.1, -0.05) is 22.9 Å². The van der Waals surface area contributed by atoms with Crippen LogP contribution in [0.15, 0.2) is 0 Å². The molecule has 3 nitrogen and oxygen atoms in total. The molecule has 0 N–H and O–H groups in total. The Hall–Kier alpha value is -0.0900. The first-order valence-corrected chi connectivity index (χ1v) is 6.75. The Bertz CT molecular complexity index is 211. The predicted octanol–water partition coefficient (Wildman–Crippen LogP) is 2.04. The molecule has 4 heteroatoms. The van der Waals surface area contributed by atoms with Crippen LogP contribution in [0.25, 0.3) is 0 Å². The van der Waals surface area contributed by atoms with Crippen molar-refractivity contribution in [3.63, 3.8) is 0 Å². The fraction of sp³-hybridized carbons (Fsp3) is 0.909. The average Bonchev–Trinajstić information content (AvgIpc) is 2.72. The van der Waals surface area contributed by atoms with Crippen molar-refractivity contribution in [2.24, 2.45) is 5.92 Å². The Morgan fingerprint density at radius 1 is 1.60 bits per heavy atom. The maximum atomic E-state index is 12.1. The van der Waals surface area contributed by atoms with Crippen molar-refractivity contribution in [2.75, 3.05) is 25.5 Å². The summed E-state index contributed by atoms with van der Waals surface area (Å²) in [6.45, 7) is 3.65. The fourth-order valence-electron chi connectivity index (χ4n) is 2.02. The van der Waals surface area contributed by atoms with Crippen LogP contribution in [0, 0.1) is 5.92 Å². The topological polar surface area (TPSA) is 29.5 Å². The number of carbonyl (C=O) groups excluding carboxylic acids is 1. The van der Waals surface area contributed by atoms with Crippen LogP contribution >= 0.6 is 15.9 Å². The standard InChI is InChI=1S/C11H20BrNO2/c1-3-10-9(5-8-15-10)11(14)13(2)7-4-6-12/h9-10H,3-8H2,1-2H3. The number of carbonyl (C=O) groups is 1. The highest BCUT2D eigenvalue weighted by molar-refractivity contribution is 9.09. The van der Waals surface area contributed by atoms with E-state index in [1.165, 1.54) is 0 Å². The first-order valence-electron chi connectivity index (χ1n) is 5.63. The third-order valence-electron chi connectivity index (χ3n) is 2.93. The second-order valence-corrected chi connectivity index (χ2v) is 4.81. The Morgan fingerprint density at radius 3 is 2.93 bits per heavy atom. The molecule has 1 amide bonds. The van der Waals surface area contributed by atoms with Gasteiger partial charge in [0, 0.05) is 25.5 Å². The molecule has 0 spiro atoms. The lowest BCUT2D eigenvalue weighted by atomic mass is 9.98. The van der Waals surface area contributed by atoms with E-state index in [4.69, 9.17) is 4.74 Å². The van der Waals surface area contributed by atoms with E-state index in [1.807, 2.05) is 11.9 Å². The van der Waals surface area contributed by atoms with Crippen molar-refractivity contribution in [3.8, 4) is 0 Å². The molecule has 0 aromatic carbocycles. The number of halogens is 1. The fourth-order valence-corrected chi connectivity index (χ4v) is 2.27. The van der Waals surface area contributed by atoms with Gasteiger partial charge in [-0.3, -0.25) is 4.79 Å². The van der Waals surface area contributed by atoms with Crippen LogP contribution in [0.2, 0.25) is 0 Å². The van der Waals surface area contributed by atoms with Crippen LogP contribution in [0.3, 0.4) is 0 Å². The monoisotopic (exact) mass is 277 g/mol. The van der Waals surface area contributed by atoms with Crippen LogP contribution < -0.4 is 0 Å². The molecule has 1 aliphatic rings. The minimum absolute atomic E-state index is 0.0929. The van der Waals surface area contributed by atoms with Crippen molar-refractivity contribution in [2.45, 2.75) is 32.3 Å². The number of hydrogen-bond donors (Lipinski definition) is 0. The summed E-state index contributed by atoms with van der Waals surface area (Å²) in [6, 6.07) is 0. The highest BCUT2D eigenvalue weighted by Crippen LogP contribution is 2.25. The summed E-state index contributed by atoms with van der Waals surface area (Å²) in [6.07, 6.45) is 2.97. The summed E-state index contributed by atoms with van der Waals surface area (Å²) in [7, 11) is 1.88. The second-order valence-electron chi connectivity index (χ2n) is 4.01. The number of amides is 1. The molecule has 0 aromatic heterocycles. The smallest absolute Gasteiger partial charge is 0.228 e. The van der Waals surface area contributed by atoms with Crippen LogP contribution in [0.1, 0.15) is 26.2 Å². The summed E-state index contributed by atoms with van der Waals surface area (Å²) in [5.41, 5.74) is 0. The molecule has 1 aliphatic heterocycles. The van der Waals surface area contributed by atoms with Gasteiger partial charge < -0.3 is 9.64 Å². The van der Waals surface area contributed by atoms with Crippen molar-refractivity contribution >= 4 is 21.8 Å². The Balaban J connectivity index is 2.44. The molecular formula is C11H20BrNO2. The lowest BCUT2D eigenvalue weighted by molar-refractivity contribution is -0.136. The normalized spacial score (nSPS) is 25.5. The molecule has 1 saturated heterocycles. The summed E-state index contributed by atoms with van der Waals surface area (Å²) < 4.78 is 5.53. The van der Waals surface area contributed by atoms with Gasteiger partial charge in [-0.15, -0.1) is 0 Å². The summed E-state index contributed by atoms with van der Waals surface area (Å²) in [5.74, 6) is 0.343. The third-order valence-corrected chi connectivity index (χ3v) is 3.49. The Morgan fingerprint density at radius 2 is 2.33 bits per heavy atom. The zero-order valence-electron chi connectivity index (χ0n) is 9.54. The van der Waals surface area contributed by atoms with Gasteiger partial charge >= 0.3 is 0 Å². The number of alkyl halides is 1. The van der Waals surface area contributed by atoms with E-state index in [-0.39, 0.29) is 17.9 Å². The molecule has 1 rings (SSSR count). The van der Waals surface area contributed by atoms with Gasteiger partial charge in [-0.2, -0.15) is 0 Å². The minimum Gasteiger partial charge on any atom is -0.377 e. The number of nitrogens with zero attached hydrogens (tertiary/aromatic N) is 1. The second kappa shape index (κ2) is 6.48. The molecule has 0 bridgehead atoms. The molecule has 2 unspecified atom stereocenters. The van der Waals surface area contributed by atoms with Crippen LogP contribution in [0.4, 0.5) is 0 Å². The van der Waals surface area contributed by atoms with E-state index in [0.717, 1.165) is 37.7 Å². The molecule has 1 heterocycles. The van der Waals surface area contributed by atoms with Gasteiger partial charge in [0.2, 0.25) is 5.91 Å². The summed E-state index contributed by atoms with van der Waals surface area (Å²) in [5, 5.41) is 0.947. The maximum Gasteiger partial charge on any atom is 0.228 e. The van der Waals surface area contributed by atoms with Crippen molar-refractivity contribution in [1.82, 2.24) is 4.90 Å². The lowest BCUT2D eigenvalue weighted by Crippen LogP contribution is -2.37. The molecule has 2 atom stereocenters. The van der Waals surface area contributed by atoms with Gasteiger partial charge in [0.25, 0.3) is 0 Å².